The molecule has 0 aliphatic heterocycles. The van der Waals surface area contributed by atoms with E-state index < -0.39 is 5.43 Å². The van der Waals surface area contributed by atoms with Crippen LogP contribution in [0, 0.1) is 6.92 Å². The average Bonchev–Trinajstić information content (AvgIpc) is 1.93. The number of rotatable bonds is 0. The van der Waals surface area contributed by atoms with Gasteiger partial charge in [0.05, 0.1) is 11.4 Å². The highest BCUT2D eigenvalue weighted by Gasteiger charge is 2.02. The van der Waals surface area contributed by atoms with Crippen LogP contribution in [-0.2, 0) is 0 Å². The second kappa shape index (κ2) is 2.06. The molecule has 0 aromatic carbocycles. The Kier molecular flexibility index (Phi) is 1.37. The van der Waals surface area contributed by atoms with Crippen molar-refractivity contribution in [3.8, 4) is 5.75 Å². The number of hydrogen-bond donors (Lipinski definition) is 3. The highest BCUT2D eigenvalue weighted by atomic mass is 16.3. The summed E-state index contributed by atoms with van der Waals surface area (Å²) >= 11 is 0. The molecular weight excluding hydrogens is 132 g/mol. The predicted octanol–water partition coefficient (Wildman–Crippen LogP) is -0.0289. The molecule has 0 unspecified atom stereocenters. The van der Waals surface area contributed by atoms with Crippen molar-refractivity contribution >= 4 is 5.69 Å². The fourth-order valence-corrected chi connectivity index (χ4v) is 0.627. The van der Waals surface area contributed by atoms with Crippen molar-refractivity contribution in [3.63, 3.8) is 0 Å². The van der Waals surface area contributed by atoms with E-state index in [1.165, 1.54) is 6.20 Å². The molecule has 10 heavy (non-hydrogen) atoms. The lowest BCUT2D eigenvalue weighted by atomic mass is 10.3. The summed E-state index contributed by atoms with van der Waals surface area (Å²) < 4.78 is 0. The van der Waals surface area contributed by atoms with Crippen LogP contribution in [0.5, 0.6) is 5.75 Å². The van der Waals surface area contributed by atoms with Crippen molar-refractivity contribution in [2.24, 2.45) is 0 Å². The maximum Gasteiger partial charge on any atom is 0.246 e. The van der Waals surface area contributed by atoms with Gasteiger partial charge in [0, 0.05) is 6.20 Å². The second-order valence-corrected chi connectivity index (χ2v) is 2.05. The van der Waals surface area contributed by atoms with Crippen molar-refractivity contribution in [2.75, 3.05) is 5.73 Å². The van der Waals surface area contributed by atoms with Crippen LogP contribution in [0.1, 0.15) is 5.69 Å². The largest absolute Gasteiger partial charge is 0.503 e. The zero-order valence-electron chi connectivity index (χ0n) is 5.51. The van der Waals surface area contributed by atoms with Crippen LogP contribution in [0.3, 0.4) is 0 Å². The van der Waals surface area contributed by atoms with Crippen molar-refractivity contribution < 1.29 is 5.11 Å². The normalized spacial score (nSPS) is 9.70. The SMILES string of the molecule is Cc1[nH]cc(N)c(=O)c1O. The molecule has 1 heterocycles. The van der Waals surface area contributed by atoms with Gasteiger partial charge >= 0.3 is 0 Å². The molecule has 1 aromatic heterocycles. The number of H-pyrrole nitrogens is 1. The van der Waals surface area contributed by atoms with E-state index in [9.17, 15) is 4.79 Å². The smallest absolute Gasteiger partial charge is 0.246 e. The fraction of sp³-hybridized carbons (Fsp3) is 0.167. The van der Waals surface area contributed by atoms with E-state index in [4.69, 9.17) is 10.8 Å². The van der Waals surface area contributed by atoms with Gasteiger partial charge in [0.2, 0.25) is 5.43 Å². The molecule has 4 N–H and O–H groups in total. The van der Waals surface area contributed by atoms with E-state index in [1.807, 2.05) is 0 Å². The minimum Gasteiger partial charge on any atom is -0.503 e. The van der Waals surface area contributed by atoms with E-state index in [0.29, 0.717) is 5.69 Å². The Morgan fingerprint density at radius 1 is 1.70 bits per heavy atom. The van der Waals surface area contributed by atoms with E-state index in [-0.39, 0.29) is 11.4 Å². The van der Waals surface area contributed by atoms with E-state index in [0.717, 1.165) is 0 Å². The van der Waals surface area contributed by atoms with Gasteiger partial charge in [-0.25, -0.2) is 0 Å². The van der Waals surface area contributed by atoms with Crippen LogP contribution in [0.25, 0.3) is 0 Å². The highest BCUT2D eigenvalue weighted by Crippen LogP contribution is 2.06. The third-order valence-electron chi connectivity index (χ3n) is 1.28. The lowest BCUT2D eigenvalue weighted by Gasteiger charge is -1.97. The number of aromatic nitrogens is 1. The monoisotopic (exact) mass is 140 g/mol. The first-order chi connectivity index (χ1) is 4.63. The summed E-state index contributed by atoms with van der Waals surface area (Å²) in [6.07, 6.45) is 1.36. The van der Waals surface area contributed by atoms with Gasteiger partial charge in [-0.2, -0.15) is 0 Å². The summed E-state index contributed by atoms with van der Waals surface area (Å²) in [4.78, 5) is 13.4. The first kappa shape index (κ1) is 6.67. The van der Waals surface area contributed by atoms with Crippen LogP contribution in [-0.4, -0.2) is 10.1 Å². The third-order valence-corrected chi connectivity index (χ3v) is 1.28. The zero-order chi connectivity index (χ0) is 7.72. The molecule has 54 valence electrons. The predicted molar refractivity (Wildman–Crippen MR) is 37.9 cm³/mol. The summed E-state index contributed by atoms with van der Waals surface area (Å²) in [5.41, 5.74) is 5.13. The van der Waals surface area contributed by atoms with Gasteiger partial charge in [0.1, 0.15) is 0 Å². The van der Waals surface area contributed by atoms with Crippen LogP contribution >= 0.6 is 0 Å². The van der Waals surface area contributed by atoms with Gasteiger partial charge in [-0.05, 0) is 6.92 Å². The van der Waals surface area contributed by atoms with Crippen LogP contribution in [0.15, 0.2) is 11.0 Å². The number of aryl methyl sites for hydroxylation is 1. The van der Waals surface area contributed by atoms with Crippen LogP contribution < -0.4 is 11.2 Å². The average molecular weight is 140 g/mol. The molecule has 0 amide bonds. The minimum atomic E-state index is -0.517. The summed E-state index contributed by atoms with van der Waals surface area (Å²) in [6.45, 7) is 1.59. The van der Waals surface area contributed by atoms with Crippen LogP contribution in [0.4, 0.5) is 5.69 Å². The first-order valence-electron chi connectivity index (χ1n) is 2.79. The third kappa shape index (κ3) is 0.834. The van der Waals surface area contributed by atoms with E-state index >= 15 is 0 Å². The Morgan fingerprint density at radius 3 is 2.80 bits per heavy atom. The van der Waals surface area contributed by atoms with Crippen molar-refractivity contribution in [1.82, 2.24) is 4.98 Å². The minimum absolute atomic E-state index is 0.0306. The Labute approximate surface area is 57.3 Å². The van der Waals surface area contributed by atoms with Crippen molar-refractivity contribution in [2.45, 2.75) is 6.92 Å². The molecule has 0 fully saturated rings. The Bertz CT molecular complexity index is 303. The Morgan fingerprint density at radius 2 is 2.30 bits per heavy atom. The van der Waals surface area contributed by atoms with Gasteiger partial charge in [-0.1, -0.05) is 0 Å². The molecule has 4 heteroatoms. The summed E-state index contributed by atoms with van der Waals surface area (Å²) in [5.74, 6) is -0.306. The molecule has 0 aliphatic rings. The molecule has 4 nitrogen and oxygen atoms in total. The molecule has 1 rings (SSSR count). The molecule has 0 saturated heterocycles. The lowest BCUT2D eigenvalue weighted by molar-refractivity contribution is 0.463. The maximum atomic E-state index is 10.8. The number of nitrogen functional groups attached to an aromatic ring is 1. The van der Waals surface area contributed by atoms with Gasteiger partial charge in [0.25, 0.3) is 0 Å². The molecule has 0 atom stereocenters. The first-order valence-corrected chi connectivity index (χ1v) is 2.79. The highest BCUT2D eigenvalue weighted by molar-refractivity contribution is 5.42. The number of pyridine rings is 1. The van der Waals surface area contributed by atoms with E-state index in [1.54, 1.807) is 6.92 Å². The number of aromatic hydroxyl groups is 1. The summed E-state index contributed by atoms with van der Waals surface area (Å²) in [5, 5.41) is 8.96. The standard InChI is InChI=1S/C6H8N2O2/c1-3-5(9)6(10)4(7)2-8-3/h2,9H,7H2,1H3,(H,8,10). The number of aromatic amines is 1. The zero-order valence-corrected chi connectivity index (χ0v) is 5.51. The van der Waals surface area contributed by atoms with Gasteiger partial charge < -0.3 is 15.8 Å². The molecule has 0 saturated carbocycles. The molecule has 0 spiro atoms. The maximum absolute atomic E-state index is 10.8. The Balaban J connectivity index is 3.50. The molecular formula is C6H8N2O2. The topological polar surface area (TPSA) is 79.1 Å². The molecule has 0 aliphatic carbocycles. The summed E-state index contributed by atoms with van der Waals surface area (Å²) in [6, 6.07) is 0. The van der Waals surface area contributed by atoms with Gasteiger partial charge in [0.15, 0.2) is 5.75 Å². The molecule has 0 bridgehead atoms. The quantitative estimate of drug-likeness (QED) is 0.473. The van der Waals surface area contributed by atoms with Crippen molar-refractivity contribution in [1.29, 1.82) is 0 Å². The number of nitrogens with two attached hydrogens (primary N) is 1. The second-order valence-electron chi connectivity index (χ2n) is 2.05. The van der Waals surface area contributed by atoms with Gasteiger partial charge in [-0.15, -0.1) is 0 Å². The van der Waals surface area contributed by atoms with Crippen molar-refractivity contribution in [3.05, 3.63) is 22.1 Å². The number of anilines is 1. The van der Waals surface area contributed by atoms with Crippen LogP contribution in [0.2, 0.25) is 0 Å². The number of hydrogen-bond acceptors (Lipinski definition) is 3. The molecule has 1 aromatic rings. The fourth-order valence-electron chi connectivity index (χ4n) is 0.627. The number of nitrogens with one attached hydrogen (secondary N) is 1. The molecule has 0 radical (unpaired) electrons. The summed E-state index contributed by atoms with van der Waals surface area (Å²) in [7, 11) is 0. The Hall–Kier alpha value is -1.45. The van der Waals surface area contributed by atoms with Gasteiger partial charge in [-0.3, -0.25) is 4.79 Å². The lowest BCUT2D eigenvalue weighted by Crippen LogP contribution is -2.09. The van der Waals surface area contributed by atoms with E-state index in [2.05, 4.69) is 4.98 Å².